The van der Waals surface area contributed by atoms with Crippen LogP contribution in [-0.4, -0.2) is 29.4 Å². The zero-order valence-electron chi connectivity index (χ0n) is 6.65. The van der Waals surface area contributed by atoms with E-state index in [4.69, 9.17) is 16.7 Å². The Bertz CT molecular complexity index is 232. The Morgan fingerprint density at radius 1 is 1.58 bits per heavy atom. The normalized spacial score (nSPS) is 11.3. The second-order valence-electron chi connectivity index (χ2n) is 2.06. The van der Waals surface area contributed by atoms with Crippen LogP contribution in [0, 0.1) is 11.3 Å². The van der Waals surface area contributed by atoms with Gasteiger partial charge < -0.3 is 16.4 Å². The summed E-state index contributed by atoms with van der Waals surface area (Å²) in [5, 5.41) is 8.45. The molecule has 0 aromatic rings. The van der Waals surface area contributed by atoms with Gasteiger partial charge in [-0.05, 0) is 6.92 Å². The second-order valence-corrected chi connectivity index (χ2v) is 2.06. The quantitative estimate of drug-likeness (QED) is 0.552. The van der Waals surface area contributed by atoms with Gasteiger partial charge in [0.25, 0.3) is 5.91 Å². The van der Waals surface area contributed by atoms with Crippen LogP contribution in [0.4, 0.5) is 4.79 Å². The standard InChI is InChI=1S/C6H10N4O2/c1-2-10(6(9)12)4(3-7)5(8)11/h4H,2H2,1H3,(H2,8,11)(H2,9,12). The summed E-state index contributed by atoms with van der Waals surface area (Å²) >= 11 is 0. The topological polar surface area (TPSA) is 113 Å². The summed E-state index contributed by atoms with van der Waals surface area (Å²) < 4.78 is 0. The van der Waals surface area contributed by atoms with E-state index in [1.165, 1.54) is 0 Å². The van der Waals surface area contributed by atoms with E-state index in [1.54, 1.807) is 13.0 Å². The summed E-state index contributed by atoms with van der Waals surface area (Å²) in [5.41, 5.74) is 9.74. The number of amides is 3. The van der Waals surface area contributed by atoms with Gasteiger partial charge in [-0.1, -0.05) is 0 Å². The Morgan fingerprint density at radius 3 is 2.17 bits per heavy atom. The van der Waals surface area contributed by atoms with Gasteiger partial charge in [0.2, 0.25) is 0 Å². The van der Waals surface area contributed by atoms with Crippen LogP contribution in [0.2, 0.25) is 0 Å². The number of urea groups is 1. The Balaban J connectivity index is 4.59. The Labute approximate surface area is 69.7 Å². The van der Waals surface area contributed by atoms with E-state index < -0.39 is 18.0 Å². The maximum atomic E-state index is 10.6. The lowest BCUT2D eigenvalue weighted by Gasteiger charge is -2.20. The fourth-order valence-electron chi connectivity index (χ4n) is 0.753. The monoisotopic (exact) mass is 170 g/mol. The summed E-state index contributed by atoms with van der Waals surface area (Å²) in [6.45, 7) is 1.77. The minimum Gasteiger partial charge on any atom is -0.367 e. The molecule has 12 heavy (non-hydrogen) atoms. The molecule has 66 valence electrons. The van der Waals surface area contributed by atoms with E-state index in [0.29, 0.717) is 0 Å². The lowest BCUT2D eigenvalue weighted by Crippen LogP contribution is -2.49. The summed E-state index contributed by atoms with van der Waals surface area (Å²) in [4.78, 5) is 22.1. The number of hydrogen-bond donors (Lipinski definition) is 2. The molecule has 0 saturated heterocycles. The third-order valence-corrected chi connectivity index (χ3v) is 1.33. The van der Waals surface area contributed by atoms with E-state index in [9.17, 15) is 9.59 Å². The number of nitrogens with zero attached hydrogens (tertiary/aromatic N) is 2. The van der Waals surface area contributed by atoms with Crippen molar-refractivity contribution in [2.45, 2.75) is 13.0 Å². The third kappa shape index (κ3) is 2.12. The molecule has 1 unspecified atom stereocenters. The van der Waals surface area contributed by atoms with E-state index in [-0.39, 0.29) is 6.54 Å². The zero-order valence-corrected chi connectivity index (χ0v) is 6.65. The first-order chi connectivity index (χ1) is 5.54. The van der Waals surface area contributed by atoms with Gasteiger partial charge in [0.1, 0.15) is 0 Å². The molecule has 0 aliphatic rings. The van der Waals surface area contributed by atoms with Crippen molar-refractivity contribution in [1.82, 2.24) is 4.90 Å². The van der Waals surface area contributed by atoms with Crippen LogP contribution in [0.3, 0.4) is 0 Å². The molecule has 0 aromatic heterocycles. The summed E-state index contributed by atoms with van der Waals surface area (Å²) in [7, 11) is 0. The number of nitrogens with two attached hydrogens (primary N) is 2. The van der Waals surface area contributed by atoms with Crippen LogP contribution < -0.4 is 11.5 Å². The Morgan fingerprint density at radius 2 is 2.08 bits per heavy atom. The molecule has 6 heteroatoms. The summed E-state index contributed by atoms with van der Waals surface area (Å²) in [6, 6.07) is -0.517. The molecule has 0 heterocycles. The van der Waals surface area contributed by atoms with Gasteiger partial charge in [-0.3, -0.25) is 4.79 Å². The number of carbonyl (C=O) groups excluding carboxylic acids is 2. The number of likely N-dealkylation sites (N-methyl/N-ethyl adjacent to an activating group) is 1. The van der Waals surface area contributed by atoms with E-state index in [2.05, 4.69) is 0 Å². The molecule has 6 nitrogen and oxygen atoms in total. The fourth-order valence-corrected chi connectivity index (χ4v) is 0.753. The minimum atomic E-state index is -1.27. The van der Waals surface area contributed by atoms with Crippen molar-refractivity contribution in [2.24, 2.45) is 11.5 Å². The minimum absolute atomic E-state index is 0.177. The van der Waals surface area contributed by atoms with Gasteiger partial charge in [0.15, 0.2) is 6.04 Å². The van der Waals surface area contributed by atoms with Crippen molar-refractivity contribution >= 4 is 11.9 Å². The van der Waals surface area contributed by atoms with Gasteiger partial charge in [-0.2, -0.15) is 5.26 Å². The molecule has 3 amide bonds. The van der Waals surface area contributed by atoms with E-state index >= 15 is 0 Å². The molecule has 0 aliphatic carbocycles. The highest BCUT2D eigenvalue weighted by molar-refractivity contribution is 5.87. The molecule has 0 rings (SSSR count). The lowest BCUT2D eigenvalue weighted by molar-refractivity contribution is -0.120. The second kappa shape index (κ2) is 4.18. The van der Waals surface area contributed by atoms with Crippen molar-refractivity contribution in [3.05, 3.63) is 0 Å². The number of carbonyl (C=O) groups is 2. The van der Waals surface area contributed by atoms with Crippen molar-refractivity contribution in [2.75, 3.05) is 6.54 Å². The van der Waals surface area contributed by atoms with Gasteiger partial charge >= 0.3 is 6.03 Å². The molecular weight excluding hydrogens is 160 g/mol. The maximum absolute atomic E-state index is 10.6. The summed E-state index contributed by atoms with van der Waals surface area (Å²) in [6.07, 6.45) is 0. The number of rotatable bonds is 3. The largest absolute Gasteiger partial charge is 0.367 e. The average molecular weight is 170 g/mol. The number of nitriles is 1. The van der Waals surface area contributed by atoms with Gasteiger partial charge in [-0.15, -0.1) is 0 Å². The molecule has 1 atom stereocenters. The van der Waals surface area contributed by atoms with Crippen molar-refractivity contribution in [3.8, 4) is 6.07 Å². The third-order valence-electron chi connectivity index (χ3n) is 1.33. The first-order valence-electron chi connectivity index (χ1n) is 3.29. The molecule has 0 fully saturated rings. The first kappa shape index (κ1) is 10.2. The molecule has 0 aromatic carbocycles. The highest BCUT2D eigenvalue weighted by Crippen LogP contribution is 1.96. The maximum Gasteiger partial charge on any atom is 0.316 e. The predicted molar refractivity (Wildman–Crippen MR) is 40.6 cm³/mol. The van der Waals surface area contributed by atoms with Crippen LogP contribution >= 0.6 is 0 Å². The molecular formula is C6H10N4O2. The van der Waals surface area contributed by atoms with Crippen LogP contribution in [0.5, 0.6) is 0 Å². The fraction of sp³-hybridized carbons (Fsp3) is 0.500. The molecule has 0 radical (unpaired) electrons. The number of hydrogen-bond acceptors (Lipinski definition) is 3. The Kier molecular flexibility index (Phi) is 3.56. The van der Waals surface area contributed by atoms with Gasteiger partial charge in [-0.25, -0.2) is 4.79 Å². The molecule has 0 spiro atoms. The predicted octanol–water partition coefficient (Wildman–Crippen LogP) is -1.24. The van der Waals surface area contributed by atoms with Gasteiger partial charge in [0, 0.05) is 6.54 Å². The van der Waals surface area contributed by atoms with E-state index in [0.717, 1.165) is 4.90 Å². The van der Waals surface area contributed by atoms with Gasteiger partial charge in [0.05, 0.1) is 6.07 Å². The Hall–Kier alpha value is -1.77. The zero-order chi connectivity index (χ0) is 9.72. The average Bonchev–Trinajstić information content (AvgIpc) is 1.98. The van der Waals surface area contributed by atoms with Crippen molar-refractivity contribution in [3.63, 3.8) is 0 Å². The van der Waals surface area contributed by atoms with E-state index in [1.807, 2.05) is 0 Å². The molecule has 4 N–H and O–H groups in total. The lowest BCUT2D eigenvalue weighted by atomic mass is 10.3. The molecule has 0 saturated carbocycles. The van der Waals surface area contributed by atoms with Crippen LogP contribution in [0.25, 0.3) is 0 Å². The van der Waals surface area contributed by atoms with Crippen LogP contribution in [0.15, 0.2) is 0 Å². The van der Waals surface area contributed by atoms with Crippen molar-refractivity contribution < 1.29 is 9.59 Å². The molecule has 0 bridgehead atoms. The number of primary amides is 2. The SMILES string of the molecule is CCN(C(N)=O)C(C#N)C(N)=O. The molecule has 0 aliphatic heterocycles. The van der Waals surface area contributed by atoms with Crippen LogP contribution in [-0.2, 0) is 4.79 Å². The van der Waals surface area contributed by atoms with Crippen molar-refractivity contribution in [1.29, 1.82) is 5.26 Å². The first-order valence-corrected chi connectivity index (χ1v) is 3.29. The highest BCUT2D eigenvalue weighted by Gasteiger charge is 2.24. The highest BCUT2D eigenvalue weighted by atomic mass is 16.2. The van der Waals surface area contributed by atoms with Crippen LogP contribution in [0.1, 0.15) is 6.92 Å². The summed E-state index contributed by atoms with van der Waals surface area (Å²) in [5.74, 6) is -0.877. The smallest absolute Gasteiger partial charge is 0.316 e.